The normalized spacial score (nSPS) is 9.70. The Morgan fingerprint density at radius 3 is 3.05 bits per heavy atom. The molecule has 4 N–H and O–H groups in total. The van der Waals surface area contributed by atoms with Gasteiger partial charge < -0.3 is 16.0 Å². The Hall–Kier alpha value is -2.58. The largest absolute Gasteiger partial charge is 0.347 e. The predicted octanol–water partition coefficient (Wildman–Crippen LogP) is 0.958. The molecule has 0 saturated heterocycles. The lowest BCUT2D eigenvalue weighted by molar-refractivity contribution is 0.0950. The van der Waals surface area contributed by atoms with Gasteiger partial charge in [-0.2, -0.15) is 0 Å². The highest BCUT2D eigenvalue weighted by atomic mass is 16.1. The molecule has 102 valence electrons. The maximum Gasteiger partial charge on any atom is 0.251 e. The molecule has 0 saturated carbocycles. The third kappa shape index (κ3) is 3.46. The number of aromatic nitrogens is 2. The molecular weight excluding hydrogens is 252 g/mol. The van der Waals surface area contributed by atoms with Gasteiger partial charge in [-0.25, -0.2) is 4.98 Å². The van der Waals surface area contributed by atoms with Crippen molar-refractivity contribution < 1.29 is 4.79 Å². The van der Waals surface area contributed by atoms with Gasteiger partial charge >= 0.3 is 0 Å². The van der Waals surface area contributed by atoms with Crippen molar-refractivity contribution in [1.29, 1.82) is 0 Å². The molecule has 5 heteroatoms. The Morgan fingerprint density at radius 2 is 2.35 bits per heavy atom. The Labute approximate surface area is 117 Å². The molecule has 2 rings (SSSR count). The van der Waals surface area contributed by atoms with Crippen LogP contribution in [-0.4, -0.2) is 22.4 Å². The Balaban J connectivity index is 2.09. The van der Waals surface area contributed by atoms with Crippen molar-refractivity contribution in [3.05, 3.63) is 53.1 Å². The molecule has 0 bridgehead atoms. The van der Waals surface area contributed by atoms with Gasteiger partial charge in [-0.15, -0.1) is 0 Å². The summed E-state index contributed by atoms with van der Waals surface area (Å²) in [7, 11) is 0. The van der Waals surface area contributed by atoms with E-state index >= 15 is 0 Å². The summed E-state index contributed by atoms with van der Waals surface area (Å²) in [6.07, 6.45) is 3.36. The number of carbonyl (C=O) groups is 1. The Kier molecular flexibility index (Phi) is 4.53. The van der Waals surface area contributed by atoms with Crippen LogP contribution in [0.4, 0.5) is 0 Å². The molecule has 1 aromatic carbocycles. The smallest absolute Gasteiger partial charge is 0.251 e. The van der Waals surface area contributed by atoms with Gasteiger partial charge in [0, 0.05) is 23.5 Å². The zero-order valence-corrected chi connectivity index (χ0v) is 11.2. The summed E-state index contributed by atoms with van der Waals surface area (Å²) in [5.74, 6) is 6.32. The number of aromatic amines is 1. The number of rotatable bonds is 3. The average Bonchev–Trinajstić information content (AvgIpc) is 2.97. The molecule has 0 radical (unpaired) electrons. The van der Waals surface area contributed by atoms with Crippen LogP contribution in [0.15, 0.2) is 30.6 Å². The number of nitrogens with two attached hydrogens (primary N) is 1. The van der Waals surface area contributed by atoms with E-state index in [9.17, 15) is 4.79 Å². The molecule has 1 heterocycles. The first kappa shape index (κ1) is 13.8. The van der Waals surface area contributed by atoms with E-state index in [0.717, 1.165) is 11.1 Å². The number of hydrogen-bond donors (Lipinski definition) is 3. The first-order chi connectivity index (χ1) is 9.70. The molecule has 0 atom stereocenters. The van der Waals surface area contributed by atoms with Gasteiger partial charge in [0.1, 0.15) is 5.82 Å². The van der Waals surface area contributed by atoms with Crippen LogP contribution in [0.1, 0.15) is 27.3 Å². The van der Waals surface area contributed by atoms with E-state index in [-0.39, 0.29) is 5.91 Å². The minimum absolute atomic E-state index is 0.155. The first-order valence-electron chi connectivity index (χ1n) is 6.26. The van der Waals surface area contributed by atoms with Crippen LogP contribution in [0.2, 0.25) is 0 Å². The van der Waals surface area contributed by atoms with Gasteiger partial charge in [-0.1, -0.05) is 17.9 Å². The van der Waals surface area contributed by atoms with E-state index < -0.39 is 0 Å². The SMILES string of the molecule is Cc1ccc(C(=O)NCc2ncc[nH]2)cc1C#CCN. The van der Waals surface area contributed by atoms with Gasteiger partial charge in [0.2, 0.25) is 0 Å². The van der Waals surface area contributed by atoms with E-state index in [2.05, 4.69) is 27.1 Å². The second-order valence-corrected chi connectivity index (χ2v) is 4.25. The second-order valence-electron chi connectivity index (χ2n) is 4.25. The van der Waals surface area contributed by atoms with E-state index in [1.807, 2.05) is 13.0 Å². The lowest BCUT2D eigenvalue weighted by atomic mass is 10.0. The number of carbonyl (C=O) groups excluding carboxylic acids is 1. The molecule has 1 aromatic heterocycles. The average molecular weight is 268 g/mol. The molecule has 5 nitrogen and oxygen atoms in total. The number of H-pyrrole nitrogens is 1. The number of nitrogens with zero attached hydrogens (tertiary/aromatic N) is 1. The van der Waals surface area contributed by atoms with Crippen LogP contribution in [0, 0.1) is 18.8 Å². The Morgan fingerprint density at radius 1 is 1.50 bits per heavy atom. The summed E-state index contributed by atoms with van der Waals surface area (Å²) in [6, 6.07) is 5.43. The number of amides is 1. The molecule has 0 unspecified atom stereocenters. The number of imidazole rings is 1. The molecule has 0 fully saturated rings. The van der Waals surface area contributed by atoms with Crippen molar-refractivity contribution in [2.24, 2.45) is 5.73 Å². The van der Waals surface area contributed by atoms with Crippen LogP contribution in [-0.2, 0) is 6.54 Å². The lowest BCUT2D eigenvalue weighted by Crippen LogP contribution is -2.23. The zero-order chi connectivity index (χ0) is 14.4. The molecular formula is C15H16N4O. The van der Waals surface area contributed by atoms with Gasteiger partial charge in [0.15, 0.2) is 0 Å². The van der Waals surface area contributed by atoms with Crippen LogP contribution in [0.5, 0.6) is 0 Å². The van der Waals surface area contributed by atoms with Crippen molar-refractivity contribution in [2.75, 3.05) is 6.54 Å². The van der Waals surface area contributed by atoms with Crippen LogP contribution >= 0.6 is 0 Å². The summed E-state index contributed by atoms with van der Waals surface area (Å²) in [5.41, 5.74) is 7.78. The van der Waals surface area contributed by atoms with Gasteiger partial charge in [0.25, 0.3) is 5.91 Å². The fourth-order valence-corrected chi connectivity index (χ4v) is 1.70. The van der Waals surface area contributed by atoms with Crippen molar-refractivity contribution in [1.82, 2.24) is 15.3 Å². The van der Waals surface area contributed by atoms with Crippen molar-refractivity contribution in [3.8, 4) is 11.8 Å². The van der Waals surface area contributed by atoms with Gasteiger partial charge in [-0.05, 0) is 24.6 Å². The number of hydrogen-bond acceptors (Lipinski definition) is 3. The summed E-state index contributed by atoms with van der Waals surface area (Å²) in [4.78, 5) is 19.0. The second kappa shape index (κ2) is 6.55. The minimum Gasteiger partial charge on any atom is -0.347 e. The lowest BCUT2D eigenvalue weighted by Gasteiger charge is -2.05. The van der Waals surface area contributed by atoms with Crippen molar-refractivity contribution in [3.63, 3.8) is 0 Å². The minimum atomic E-state index is -0.155. The number of aryl methyl sites for hydroxylation is 1. The maximum atomic E-state index is 12.1. The molecule has 1 amide bonds. The maximum absolute atomic E-state index is 12.1. The van der Waals surface area contributed by atoms with Crippen LogP contribution < -0.4 is 11.1 Å². The first-order valence-corrected chi connectivity index (χ1v) is 6.26. The van der Waals surface area contributed by atoms with E-state index in [0.29, 0.717) is 24.5 Å². The number of nitrogens with one attached hydrogen (secondary N) is 2. The molecule has 20 heavy (non-hydrogen) atoms. The zero-order valence-electron chi connectivity index (χ0n) is 11.2. The molecule has 0 aliphatic rings. The summed E-state index contributed by atoms with van der Waals surface area (Å²) in [6.45, 7) is 2.61. The Bertz CT molecular complexity index is 650. The fourth-order valence-electron chi connectivity index (χ4n) is 1.70. The summed E-state index contributed by atoms with van der Waals surface area (Å²) in [5, 5.41) is 2.80. The predicted molar refractivity (Wildman–Crippen MR) is 76.9 cm³/mol. The topological polar surface area (TPSA) is 83.8 Å². The molecule has 0 spiro atoms. The molecule has 0 aliphatic heterocycles. The fraction of sp³-hybridized carbons (Fsp3) is 0.200. The van der Waals surface area contributed by atoms with Gasteiger partial charge in [-0.3, -0.25) is 4.79 Å². The van der Waals surface area contributed by atoms with Gasteiger partial charge in [0.05, 0.1) is 13.1 Å². The number of benzene rings is 1. The third-order valence-corrected chi connectivity index (χ3v) is 2.80. The van der Waals surface area contributed by atoms with Crippen LogP contribution in [0.25, 0.3) is 0 Å². The highest BCUT2D eigenvalue weighted by Gasteiger charge is 2.07. The van der Waals surface area contributed by atoms with Crippen molar-refractivity contribution >= 4 is 5.91 Å². The highest BCUT2D eigenvalue weighted by molar-refractivity contribution is 5.94. The molecule has 2 aromatic rings. The summed E-state index contributed by atoms with van der Waals surface area (Å²) >= 11 is 0. The standard InChI is InChI=1S/C15H16N4O/c1-11-4-5-13(9-12(11)3-2-6-16)15(20)19-10-14-17-7-8-18-14/h4-5,7-9H,6,10,16H2,1H3,(H,17,18)(H,19,20). The van der Waals surface area contributed by atoms with Crippen molar-refractivity contribution in [2.45, 2.75) is 13.5 Å². The quantitative estimate of drug-likeness (QED) is 0.725. The molecule has 0 aliphatic carbocycles. The van der Waals surface area contributed by atoms with E-state index in [4.69, 9.17) is 5.73 Å². The van der Waals surface area contributed by atoms with E-state index in [1.54, 1.807) is 24.5 Å². The third-order valence-electron chi connectivity index (χ3n) is 2.80. The monoisotopic (exact) mass is 268 g/mol. The highest BCUT2D eigenvalue weighted by Crippen LogP contribution is 2.10. The summed E-state index contributed by atoms with van der Waals surface area (Å²) < 4.78 is 0. The van der Waals surface area contributed by atoms with E-state index in [1.165, 1.54) is 0 Å². The van der Waals surface area contributed by atoms with Crippen LogP contribution in [0.3, 0.4) is 0 Å².